The highest BCUT2D eigenvalue weighted by atomic mass is 19.1. The molecule has 17 heteroatoms. The Balaban J connectivity index is 1.43. The van der Waals surface area contributed by atoms with Gasteiger partial charge in [-0.2, -0.15) is 0 Å². The molecule has 47 heavy (non-hydrogen) atoms. The van der Waals surface area contributed by atoms with Crippen molar-refractivity contribution >= 4 is 41.7 Å². The number of aryl methyl sites for hydroxylation is 2. The van der Waals surface area contributed by atoms with Gasteiger partial charge in [-0.25, -0.2) is 28.9 Å². The van der Waals surface area contributed by atoms with Crippen molar-refractivity contribution in [1.82, 2.24) is 30.1 Å². The van der Waals surface area contributed by atoms with Gasteiger partial charge >= 0.3 is 23.9 Å². The van der Waals surface area contributed by atoms with E-state index in [0.29, 0.717) is 42.7 Å². The molecular weight excluding hydrogens is 623 g/mol. The molecule has 3 rings (SSSR count). The lowest BCUT2D eigenvalue weighted by Crippen LogP contribution is -2.63. The number of alkyl halides is 1. The van der Waals surface area contributed by atoms with Crippen LogP contribution >= 0.6 is 0 Å². The number of carboxylic acids is 3. The molecule has 4 N–H and O–H groups in total. The summed E-state index contributed by atoms with van der Waals surface area (Å²) in [6.45, 7) is -0.213. The van der Waals surface area contributed by atoms with Gasteiger partial charge in [0.25, 0.3) is 0 Å². The molecule has 5 amide bonds. The second kappa shape index (κ2) is 17.5. The second-order valence-electron chi connectivity index (χ2n) is 10.9. The summed E-state index contributed by atoms with van der Waals surface area (Å²) in [5, 5.41) is 39.0. The van der Waals surface area contributed by atoms with Crippen LogP contribution in [0.25, 0.3) is 5.69 Å². The van der Waals surface area contributed by atoms with Crippen molar-refractivity contribution in [3.63, 3.8) is 0 Å². The quantitative estimate of drug-likeness (QED) is 0.118. The van der Waals surface area contributed by atoms with Gasteiger partial charge in [0.05, 0.1) is 24.3 Å². The summed E-state index contributed by atoms with van der Waals surface area (Å²) in [7, 11) is 0. The van der Waals surface area contributed by atoms with Crippen LogP contribution in [-0.2, 0) is 41.6 Å². The largest absolute Gasteiger partial charge is 0.481 e. The van der Waals surface area contributed by atoms with Gasteiger partial charge in [-0.1, -0.05) is 17.3 Å². The van der Waals surface area contributed by atoms with Gasteiger partial charge < -0.3 is 20.6 Å². The number of rotatable bonds is 20. The Morgan fingerprint density at radius 2 is 1.47 bits per heavy atom. The van der Waals surface area contributed by atoms with Crippen LogP contribution in [0.15, 0.2) is 30.5 Å². The number of nitrogens with one attached hydrogen (secondary N) is 1. The summed E-state index contributed by atoms with van der Waals surface area (Å²) >= 11 is 0. The number of benzene rings is 1. The average Bonchev–Trinajstić information content (AvgIpc) is 3.49. The molecule has 0 spiro atoms. The van der Waals surface area contributed by atoms with Crippen molar-refractivity contribution in [2.75, 3.05) is 13.2 Å². The smallest absolute Gasteiger partial charge is 0.335 e. The van der Waals surface area contributed by atoms with Crippen molar-refractivity contribution in [3.8, 4) is 5.69 Å². The molecule has 1 aliphatic rings. The van der Waals surface area contributed by atoms with Gasteiger partial charge in [0.2, 0.25) is 17.7 Å². The molecule has 1 aromatic carbocycles. The predicted octanol–water partition coefficient (Wildman–Crippen LogP) is 1.73. The monoisotopic (exact) mass is 660 g/mol. The van der Waals surface area contributed by atoms with Gasteiger partial charge in [0, 0.05) is 19.4 Å². The van der Waals surface area contributed by atoms with Gasteiger partial charge in [0.1, 0.15) is 18.5 Å². The normalized spacial score (nSPS) is 14.6. The van der Waals surface area contributed by atoms with Crippen molar-refractivity contribution < 1.29 is 53.3 Å². The van der Waals surface area contributed by atoms with Crippen molar-refractivity contribution in [2.45, 2.75) is 82.7 Å². The first-order valence-corrected chi connectivity index (χ1v) is 15.1. The molecule has 1 aliphatic heterocycles. The minimum Gasteiger partial charge on any atom is -0.481 e. The number of halogens is 1. The number of imide groups is 2. The molecule has 2 aromatic rings. The number of unbranched alkanes of at least 4 members (excludes halogenated alkanes) is 1. The fourth-order valence-corrected chi connectivity index (χ4v) is 5.06. The number of aliphatic carboxylic acids is 3. The first kappa shape index (κ1) is 36.3. The molecule has 2 heterocycles. The molecule has 16 nitrogen and oxygen atoms in total. The van der Waals surface area contributed by atoms with Crippen LogP contribution < -0.4 is 5.32 Å². The highest BCUT2D eigenvalue weighted by molar-refractivity contribution is 6.16. The Hall–Kier alpha value is -5.22. The summed E-state index contributed by atoms with van der Waals surface area (Å²) in [5.74, 6) is -7.06. The number of aromatic nitrogens is 3. The molecule has 0 aliphatic carbocycles. The second-order valence-corrected chi connectivity index (χ2v) is 10.9. The summed E-state index contributed by atoms with van der Waals surface area (Å²) in [4.78, 5) is 85.5. The highest BCUT2D eigenvalue weighted by Gasteiger charge is 2.48. The van der Waals surface area contributed by atoms with Crippen LogP contribution in [0.1, 0.15) is 69.0 Å². The molecular formula is C30H37FN6O10. The predicted molar refractivity (Wildman–Crippen MR) is 159 cm³/mol. The van der Waals surface area contributed by atoms with Crippen LogP contribution in [0.3, 0.4) is 0 Å². The molecule has 254 valence electrons. The molecule has 0 saturated carbocycles. The maximum absolute atomic E-state index is 13.0. The molecule has 1 saturated heterocycles. The lowest BCUT2D eigenvalue weighted by molar-refractivity contribution is -0.158. The topological polar surface area (TPSA) is 229 Å². The van der Waals surface area contributed by atoms with Crippen LogP contribution in [0.2, 0.25) is 0 Å². The minimum absolute atomic E-state index is 0.166. The van der Waals surface area contributed by atoms with Crippen LogP contribution in [0.5, 0.6) is 0 Å². The molecule has 2 atom stereocenters. The number of barbiturate groups is 1. The van der Waals surface area contributed by atoms with E-state index in [2.05, 4.69) is 15.6 Å². The van der Waals surface area contributed by atoms with Gasteiger partial charge in [-0.05, 0) is 69.1 Å². The Bertz CT molecular complexity index is 1460. The van der Waals surface area contributed by atoms with Gasteiger partial charge in [-0.15, -0.1) is 5.10 Å². The summed E-state index contributed by atoms with van der Waals surface area (Å²) in [6.07, 6.45) is 2.12. The number of carboxylic acid groups (broad SMARTS) is 3. The number of carbonyl (C=O) groups is 7. The number of amides is 5. The highest BCUT2D eigenvalue weighted by Crippen LogP contribution is 2.23. The van der Waals surface area contributed by atoms with E-state index >= 15 is 0 Å². The Morgan fingerprint density at radius 3 is 2.06 bits per heavy atom. The van der Waals surface area contributed by atoms with Crippen LogP contribution in [0, 0.1) is 0 Å². The van der Waals surface area contributed by atoms with Crippen molar-refractivity contribution in [1.29, 1.82) is 0 Å². The molecule has 1 aromatic heterocycles. The van der Waals surface area contributed by atoms with Gasteiger partial charge in [-0.3, -0.25) is 23.6 Å². The zero-order valence-electron chi connectivity index (χ0n) is 25.5. The van der Waals surface area contributed by atoms with E-state index in [1.807, 2.05) is 24.3 Å². The lowest BCUT2D eigenvalue weighted by Gasteiger charge is -2.38. The fourth-order valence-electron chi connectivity index (χ4n) is 5.06. The average molecular weight is 661 g/mol. The van der Waals surface area contributed by atoms with E-state index in [1.54, 1.807) is 10.9 Å². The number of carbonyl (C=O) groups excluding carboxylic acids is 4. The number of hydrogen-bond donors (Lipinski definition) is 4. The minimum atomic E-state index is -1.89. The SMILES string of the molecule is O=C(O)CC[C@@H](C(=O)O)N1C(=O)CC(=O)N(C(CCCCNC(=O)CCCc2ccc(-n3cc(CCCF)nn3)cc2)C(=O)O)C1=O. The molecule has 1 unspecified atom stereocenters. The number of nitrogens with zero attached hydrogens (tertiary/aromatic N) is 5. The van der Waals surface area contributed by atoms with E-state index in [1.165, 1.54) is 0 Å². The first-order chi connectivity index (χ1) is 22.4. The fraction of sp³-hybridized carbons (Fsp3) is 0.500. The summed E-state index contributed by atoms with van der Waals surface area (Å²) in [5.41, 5.74) is 2.52. The third-order valence-electron chi connectivity index (χ3n) is 7.48. The third-order valence-corrected chi connectivity index (χ3v) is 7.48. The summed E-state index contributed by atoms with van der Waals surface area (Å²) < 4.78 is 14.0. The standard InChI is InChI=1S/C30H37FN6O10/c31-15-4-6-20-18-35(34-33-20)21-11-9-19(10-12-21)5-3-8-24(38)32-16-2-1-7-22(28(43)44)36-25(39)17-26(40)37(30(36)47)23(29(45)46)13-14-27(41)42/h9-12,18,22-23H,1-8,13-17H2,(H,32,38)(H,41,42)(H,43,44)(H,45,46)/t22?,23-/m0/s1. The number of urea groups is 1. The summed E-state index contributed by atoms with van der Waals surface area (Å²) in [6, 6.07) is 2.56. The van der Waals surface area contributed by atoms with Crippen LogP contribution in [-0.4, -0.2) is 107 Å². The van der Waals surface area contributed by atoms with E-state index in [4.69, 9.17) is 5.11 Å². The van der Waals surface area contributed by atoms with E-state index < -0.39 is 73.8 Å². The number of hydrogen-bond acceptors (Lipinski definition) is 9. The zero-order chi connectivity index (χ0) is 34.5. The first-order valence-electron chi connectivity index (χ1n) is 15.1. The molecule has 1 fully saturated rings. The van der Waals surface area contributed by atoms with E-state index in [9.17, 15) is 48.2 Å². The Kier molecular flexibility index (Phi) is 13.5. The molecule has 0 radical (unpaired) electrons. The van der Waals surface area contributed by atoms with E-state index in [-0.39, 0.29) is 36.6 Å². The molecule has 0 bridgehead atoms. The van der Waals surface area contributed by atoms with E-state index in [0.717, 1.165) is 11.3 Å². The maximum atomic E-state index is 13.0. The zero-order valence-corrected chi connectivity index (χ0v) is 25.5. The Morgan fingerprint density at radius 1 is 0.830 bits per heavy atom. The van der Waals surface area contributed by atoms with Crippen molar-refractivity contribution in [3.05, 3.63) is 41.7 Å². The third kappa shape index (κ3) is 10.4. The van der Waals surface area contributed by atoms with Crippen LogP contribution in [0.4, 0.5) is 9.18 Å². The Labute approximate surface area is 268 Å². The van der Waals surface area contributed by atoms with Gasteiger partial charge in [0.15, 0.2) is 0 Å². The maximum Gasteiger partial charge on any atom is 0.335 e. The van der Waals surface area contributed by atoms with Crippen molar-refractivity contribution in [2.24, 2.45) is 0 Å². The lowest BCUT2D eigenvalue weighted by atomic mass is 10.0.